The van der Waals surface area contributed by atoms with Crippen molar-refractivity contribution in [3.63, 3.8) is 0 Å². The first-order valence-electron chi connectivity index (χ1n) is 6.68. The van der Waals surface area contributed by atoms with Crippen LogP contribution < -0.4 is 5.32 Å². The monoisotopic (exact) mass is 211 g/mol. The zero-order valence-corrected chi connectivity index (χ0v) is 10.2. The predicted octanol–water partition coefficient (Wildman–Crippen LogP) is 2.72. The van der Waals surface area contributed by atoms with Gasteiger partial charge in [-0.1, -0.05) is 19.8 Å². The molecule has 0 aromatic rings. The Balaban J connectivity index is 1.75. The van der Waals surface area contributed by atoms with Crippen LogP contribution in [0.25, 0.3) is 0 Å². The molecular formula is C13H25NO. The number of hydrogen-bond acceptors (Lipinski definition) is 2. The molecule has 1 heterocycles. The molecule has 1 saturated carbocycles. The van der Waals surface area contributed by atoms with Gasteiger partial charge in [-0.2, -0.15) is 0 Å². The molecule has 3 atom stereocenters. The lowest BCUT2D eigenvalue weighted by atomic mass is 10.0. The molecule has 2 fully saturated rings. The van der Waals surface area contributed by atoms with Crippen molar-refractivity contribution in [1.82, 2.24) is 5.32 Å². The van der Waals surface area contributed by atoms with Gasteiger partial charge < -0.3 is 10.1 Å². The zero-order chi connectivity index (χ0) is 10.7. The van der Waals surface area contributed by atoms with Crippen molar-refractivity contribution in [2.24, 2.45) is 5.92 Å². The lowest BCUT2D eigenvalue weighted by Crippen LogP contribution is -2.39. The Morgan fingerprint density at radius 1 is 1.27 bits per heavy atom. The van der Waals surface area contributed by atoms with Crippen molar-refractivity contribution >= 4 is 0 Å². The Morgan fingerprint density at radius 3 is 2.60 bits per heavy atom. The van der Waals surface area contributed by atoms with Crippen molar-refractivity contribution in [1.29, 1.82) is 0 Å². The van der Waals surface area contributed by atoms with E-state index in [0.29, 0.717) is 18.2 Å². The molecule has 0 amide bonds. The molecule has 1 N–H and O–H groups in total. The van der Waals surface area contributed by atoms with E-state index >= 15 is 0 Å². The van der Waals surface area contributed by atoms with E-state index in [1.54, 1.807) is 0 Å². The van der Waals surface area contributed by atoms with Gasteiger partial charge in [0.25, 0.3) is 0 Å². The third-order valence-corrected chi connectivity index (χ3v) is 3.76. The van der Waals surface area contributed by atoms with Gasteiger partial charge in [0, 0.05) is 6.04 Å². The van der Waals surface area contributed by atoms with Crippen LogP contribution in [-0.2, 0) is 4.74 Å². The molecule has 88 valence electrons. The minimum atomic E-state index is 0.483. The number of hydrogen-bond donors (Lipinski definition) is 1. The maximum absolute atomic E-state index is 5.97. The summed E-state index contributed by atoms with van der Waals surface area (Å²) in [6, 6.07) is 0.612. The molecule has 0 aromatic carbocycles. The van der Waals surface area contributed by atoms with Gasteiger partial charge in [0.2, 0.25) is 0 Å². The van der Waals surface area contributed by atoms with E-state index in [4.69, 9.17) is 4.74 Å². The number of ether oxygens (including phenoxy) is 1. The average Bonchev–Trinajstić information content (AvgIpc) is 2.95. The highest BCUT2D eigenvalue weighted by molar-refractivity contribution is 4.85. The SMILES string of the molecule is CCNC(CCC1CC1)C1CCC(C)O1. The molecule has 0 bridgehead atoms. The molecule has 0 aromatic heterocycles. The van der Waals surface area contributed by atoms with Crippen LogP contribution in [-0.4, -0.2) is 24.8 Å². The minimum Gasteiger partial charge on any atom is -0.374 e. The van der Waals surface area contributed by atoms with Gasteiger partial charge in [-0.15, -0.1) is 0 Å². The Kier molecular flexibility index (Phi) is 4.04. The largest absolute Gasteiger partial charge is 0.374 e. The molecular weight excluding hydrogens is 186 g/mol. The average molecular weight is 211 g/mol. The van der Waals surface area contributed by atoms with Gasteiger partial charge in [-0.25, -0.2) is 0 Å². The molecule has 2 rings (SSSR count). The summed E-state index contributed by atoms with van der Waals surface area (Å²) in [4.78, 5) is 0. The minimum absolute atomic E-state index is 0.483. The summed E-state index contributed by atoms with van der Waals surface area (Å²) in [6.45, 7) is 5.47. The third kappa shape index (κ3) is 3.46. The van der Waals surface area contributed by atoms with Crippen molar-refractivity contribution in [3.8, 4) is 0 Å². The molecule has 0 spiro atoms. The maximum Gasteiger partial charge on any atom is 0.0732 e. The van der Waals surface area contributed by atoms with E-state index in [1.807, 2.05) is 0 Å². The van der Waals surface area contributed by atoms with Crippen molar-refractivity contribution in [2.45, 2.75) is 70.6 Å². The number of nitrogens with one attached hydrogen (secondary N) is 1. The first-order chi connectivity index (χ1) is 7.29. The first kappa shape index (κ1) is 11.4. The fourth-order valence-corrected chi connectivity index (χ4v) is 2.63. The Labute approximate surface area is 93.8 Å². The molecule has 3 unspecified atom stereocenters. The topological polar surface area (TPSA) is 21.3 Å². The van der Waals surface area contributed by atoms with E-state index in [2.05, 4.69) is 19.2 Å². The quantitative estimate of drug-likeness (QED) is 0.729. The van der Waals surface area contributed by atoms with E-state index in [-0.39, 0.29) is 0 Å². The summed E-state index contributed by atoms with van der Waals surface area (Å²) in [5.41, 5.74) is 0. The molecule has 2 heteroatoms. The number of rotatable bonds is 6. The van der Waals surface area contributed by atoms with Crippen LogP contribution >= 0.6 is 0 Å². The predicted molar refractivity (Wildman–Crippen MR) is 63.0 cm³/mol. The van der Waals surface area contributed by atoms with E-state index in [9.17, 15) is 0 Å². The number of likely N-dealkylation sites (N-methyl/N-ethyl adjacent to an activating group) is 1. The Bertz CT molecular complexity index is 191. The molecule has 15 heavy (non-hydrogen) atoms. The van der Waals surface area contributed by atoms with Crippen LogP contribution in [0, 0.1) is 5.92 Å². The highest BCUT2D eigenvalue weighted by Gasteiger charge is 2.30. The zero-order valence-electron chi connectivity index (χ0n) is 10.2. The van der Waals surface area contributed by atoms with Gasteiger partial charge >= 0.3 is 0 Å². The summed E-state index contributed by atoms with van der Waals surface area (Å²) >= 11 is 0. The fraction of sp³-hybridized carbons (Fsp3) is 1.00. The standard InChI is InChI=1S/C13H25NO/c1-3-14-12(8-7-11-5-6-11)13-9-4-10(2)15-13/h10-14H,3-9H2,1-2H3. The van der Waals surface area contributed by atoms with Crippen LogP contribution in [0.3, 0.4) is 0 Å². The van der Waals surface area contributed by atoms with E-state index in [0.717, 1.165) is 12.5 Å². The molecule has 2 aliphatic rings. The van der Waals surface area contributed by atoms with E-state index in [1.165, 1.54) is 38.5 Å². The lowest BCUT2D eigenvalue weighted by molar-refractivity contribution is 0.0297. The van der Waals surface area contributed by atoms with Crippen molar-refractivity contribution in [2.75, 3.05) is 6.54 Å². The van der Waals surface area contributed by atoms with Crippen LogP contribution in [0.5, 0.6) is 0 Å². The van der Waals surface area contributed by atoms with Crippen LogP contribution in [0.4, 0.5) is 0 Å². The second-order valence-corrected chi connectivity index (χ2v) is 5.25. The Morgan fingerprint density at radius 2 is 2.07 bits per heavy atom. The van der Waals surface area contributed by atoms with Crippen molar-refractivity contribution in [3.05, 3.63) is 0 Å². The summed E-state index contributed by atoms with van der Waals surface area (Å²) < 4.78 is 5.97. The highest BCUT2D eigenvalue weighted by Crippen LogP contribution is 2.35. The molecule has 2 nitrogen and oxygen atoms in total. The first-order valence-corrected chi connectivity index (χ1v) is 6.68. The van der Waals surface area contributed by atoms with Crippen LogP contribution in [0.15, 0.2) is 0 Å². The fourth-order valence-electron chi connectivity index (χ4n) is 2.63. The van der Waals surface area contributed by atoms with Crippen LogP contribution in [0.1, 0.15) is 52.4 Å². The highest BCUT2D eigenvalue weighted by atomic mass is 16.5. The van der Waals surface area contributed by atoms with E-state index < -0.39 is 0 Å². The summed E-state index contributed by atoms with van der Waals surface area (Å²) in [7, 11) is 0. The molecule has 1 saturated heterocycles. The second kappa shape index (κ2) is 5.31. The second-order valence-electron chi connectivity index (χ2n) is 5.25. The normalized spacial score (nSPS) is 33.2. The molecule has 1 aliphatic carbocycles. The van der Waals surface area contributed by atoms with Crippen molar-refractivity contribution < 1.29 is 4.74 Å². The van der Waals surface area contributed by atoms with Gasteiger partial charge in [0.1, 0.15) is 0 Å². The lowest BCUT2D eigenvalue weighted by Gasteiger charge is -2.24. The summed E-state index contributed by atoms with van der Waals surface area (Å²) in [5.74, 6) is 1.05. The molecule has 0 radical (unpaired) electrons. The van der Waals surface area contributed by atoms with Gasteiger partial charge in [-0.3, -0.25) is 0 Å². The van der Waals surface area contributed by atoms with Gasteiger partial charge in [0.15, 0.2) is 0 Å². The maximum atomic E-state index is 5.97. The third-order valence-electron chi connectivity index (χ3n) is 3.76. The smallest absolute Gasteiger partial charge is 0.0732 e. The molecule has 1 aliphatic heterocycles. The van der Waals surface area contributed by atoms with Crippen LogP contribution in [0.2, 0.25) is 0 Å². The summed E-state index contributed by atoms with van der Waals surface area (Å²) in [6.07, 6.45) is 9.14. The summed E-state index contributed by atoms with van der Waals surface area (Å²) in [5, 5.41) is 3.60. The van der Waals surface area contributed by atoms with Gasteiger partial charge in [-0.05, 0) is 45.1 Å². The Hall–Kier alpha value is -0.0800. The van der Waals surface area contributed by atoms with Gasteiger partial charge in [0.05, 0.1) is 12.2 Å².